The van der Waals surface area contributed by atoms with Crippen molar-refractivity contribution in [1.29, 1.82) is 0 Å². The van der Waals surface area contributed by atoms with E-state index in [-0.39, 0.29) is 11.0 Å². The summed E-state index contributed by atoms with van der Waals surface area (Å²) in [6, 6.07) is 4.98. The fourth-order valence-corrected chi connectivity index (χ4v) is 3.46. The molecule has 0 bridgehead atoms. The molecule has 2 aromatic heterocycles. The molecule has 3 heterocycles. The normalized spacial score (nSPS) is 12.6. The van der Waals surface area contributed by atoms with Gasteiger partial charge in [-0.3, -0.25) is 14.2 Å². The summed E-state index contributed by atoms with van der Waals surface area (Å²) in [4.78, 5) is 42.8. The van der Waals surface area contributed by atoms with Crippen LogP contribution in [0.1, 0.15) is 12.5 Å². The molecule has 3 aromatic rings. The van der Waals surface area contributed by atoms with Crippen molar-refractivity contribution in [3.05, 3.63) is 50.8 Å². The molecule has 1 aliphatic rings. The number of nitrogens with one attached hydrogen (secondary N) is 1. The van der Waals surface area contributed by atoms with E-state index in [1.54, 1.807) is 38.2 Å². The number of pyridine rings is 1. The molecule has 0 saturated carbocycles. The van der Waals surface area contributed by atoms with E-state index < -0.39 is 23.7 Å². The number of nitrogens with zero attached hydrogens (tertiary/aromatic N) is 3. The van der Waals surface area contributed by atoms with Crippen molar-refractivity contribution in [3.8, 4) is 17.2 Å². The van der Waals surface area contributed by atoms with Gasteiger partial charge in [0.1, 0.15) is 30.9 Å². The molecule has 31 heavy (non-hydrogen) atoms. The van der Waals surface area contributed by atoms with E-state index in [0.717, 1.165) is 4.57 Å². The molecule has 1 aliphatic heterocycles. The minimum atomic E-state index is -0.645. The lowest BCUT2D eigenvalue weighted by Gasteiger charge is -2.19. The Labute approximate surface area is 177 Å². The van der Waals surface area contributed by atoms with E-state index in [2.05, 4.69) is 10.3 Å². The molecule has 0 radical (unpaired) electrons. The van der Waals surface area contributed by atoms with Gasteiger partial charge in [-0.1, -0.05) is 0 Å². The van der Waals surface area contributed by atoms with Gasteiger partial charge in [0.2, 0.25) is 5.91 Å². The maximum Gasteiger partial charge on any atom is 0.332 e. The topological polar surface area (TPSA) is 114 Å². The highest BCUT2D eigenvalue weighted by atomic mass is 16.6. The predicted octanol–water partition coefficient (Wildman–Crippen LogP) is 1.21. The maximum absolute atomic E-state index is 13.1. The van der Waals surface area contributed by atoms with E-state index in [1.807, 2.05) is 0 Å². The molecular formula is C21H22N4O6. The van der Waals surface area contributed by atoms with Crippen molar-refractivity contribution in [2.75, 3.05) is 25.1 Å². The van der Waals surface area contributed by atoms with Gasteiger partial charge in [0.15, 0.2) is 17.1 Å². The zero-order valence-corrected chi connectivity index (χ0v) is 17.4. The molecule has 1 N–H and O–H groups in total. The summed E-state index contributed by atoms with van der Waals surface area (Å²) in [6.45, 7) is 4.32. The van der Waals surface area contributed by atoms with Gasteiger partial charge < -0.3 is 19.5 Å². The third-order valence-electron chi connectivity index (χ3n) is 4.90. The maximum atomic E-state index is 13.1. The monoisotopic (exact) mass is 426 g/mol. The summed E-state index contributed by atoms with van der Waals surface area (Å²) in [5.74, 6) is 0.934. The molecule has 162 valence electrons. The molecule has 0 saturated heterocycles. The van der Waals surface area contributed by atoms with Gasteiger partial charge in [-0.15, -0.1) is 0 Å². The van der Waals surface area contributed by atoms with Gasteiger partial charge in [-0.05, 0) is 26.0 Å². The van der Waals surface area contributed by atoms with Crippen LogP contribution in [0.25, 0.3) is 11.0 Å². The number of carbonyl (C=O) groups is 1. The van der Waals surface area contributed by atoms with Crippen LogP contribution in [0.5, 0.6) is 17.2 Å². The number of hydrogen-bond acceptors (Lipinski definition) is 7. The first-order valence-corrected chi connectivity index (χ1v) is 9.82. The Morgan fingerprint density at radius 3 is 2.71 bits per heavy atom. The van der Waals surface area contributed by atoms with Crippen LogP contribution < -0.4 is 30.8 Å². The zero-order valence-electron chi connectivity index (χ0n) is 17.4. The molecule has 10 heteroatoms. The van der Waals surface area contributed by atoms with Crippen molar-refractivity contribution < 1.29 is 19.0 Å². The molecule has 0 atom stereocenters. The highest BCUT2D eigenvalue weighted by molar-refractivity contribution is 5.91. The van der Waals surface area contributed by atoms with Gasteiger partial charge in [0.25, 0.3) is 5.56 Å². The van der Waals surface area contributed by atoms with Crippen LogP contribution in [-0.2, 0) is 18.4 Å². The second kappa shape index (κ2) is 8.13. The number of benzene rings is 1. The van der Waals surface area contributed by atoms with Crippen LogP contribution in [0.4, 0.5) is 5.69 Å². The summed E-state index contributed by atoms with van der Waals surface area (Å²) in [5.41, 5.74) is 0.0565. The summed E-state index contributed by atoms with van der Waals surface area (Å²) in [7, 11) is 1.50. The minimum absolute atomic E-state index is 0.163. The molecule has 0 aliphatic carbocycles. The second-order valence-electron chi connectivity index (χ2n) is 7.04. The van der Waals surface area contributed by atoms with Crippen molar-refractivity contribution >= 4 is 22.6 Å². The highest BCUT2D eigenvalue weighted by Crippen LogP contribution is 2.32. The van der Waals surface area contributed by atoms with E-state index in [9.17, 15) is 14.4 Å². The molecule has 1 aromatic carbocycles. The van der Waals surface area contributed by atoms with Gasteiger partial charge in [0.05, 0.1) is 6.61 Å². The predicted molar refractivity (Wildman–Crippen MR) is 113 cm³/mol. The Morgan fingerprint density at radius 2 is 1.97 bits per heavy atom. The Balaban J connectivity index is 1.69. The van der Waals surface area contributed by atoms with Crippen LogP contribution in [0.2, 0.25) is 0 Å². The average molecular weight is 426 g/mol. The lowest BCUT2D eigenvalue weighted by Crippen LogP contribution is -2.42. The largest absolute Gasteiger partial charge is 0.493 e. The molecule has 1 amide bonds. The molecular weight excluding hydrogens is 404 g/mol. The van der Waals surface area contributed by atoms with Gasteiger partial charge in [-0.2, -0.15) is 0 Å². The lowest BCUT2D eigenvalue weighted by atomic mass is 10.2. The fraction of sp³-hybridized carbons (Fsp3) is 0.333. The van der Waals surface area contributed by atoms with Gasteiger partial charge in [-0.25, -0.2) is 14.3 Å². The van der Waals surface area contributed by atoms with Crippen molar-refractivity contribution in [2.45, 2.75) is 20.4 Å². The summed E-state index contributed by atoms with van der Waals surface area (Å²) < 4.78 is 18.7. The van der Waals surface area contributed by atoms with Crippen LogP contribution in [-0.4, -0.2) is 39.8 Å². The summed E-state index contributed by atoms with van der Waals surface area (Å²) in [5, 5.41) is 2.85. The first kappa shape index (κ1) is 20.5. The van der Waals surface area contributed by atoms with Gasteiger partial charge >= 0.3 is 5.69 Å². The fourth-order valence-electron chi connectivity index (χ4n) is 3.46. The Morgan fingerprint density at radius 1 is 1.23 bits per heavy atom. The summed E-state index contributed by atoms with van der Waals surface area (Å²) in [6.07, 6.45) is 1.55. The number of amides is 1. The number of aryl methyl sites for hydroxylation is 2. The first-order valence-electron chi connectivity index (χ1n) is 9.82. The van der Waals surface area contributed by atoms with Crippen LogP contribution in [0, 0.1) is 6.92 Å². The smallest absolute Gasteiger partial charge is 0.332 e. The van der Waals surface area contributed by atoms with Crippen LogP contribution in [0.3, 0.4) is 0 Å². The number of anilines is 1. The number of carbonyl (C=O) groups excluding carboxylic acids is 1. The third kappa shape index (κ3) is 3.72. The van der Waals surface area contributed by atoms with E-state index in [0.29, 0.717) is 48.3 Å². The molecule has 4 rings (SSSR count). The molecule has 0 fully saturated rings. The SMILES string of the molecule is CCOc1c(C)cnc2c1c(=O)n(CC(=O)Nc1ccc3c(c1)OCCO3)c(=O)n2C. The minimum Gasteiger partial charge on any atom is -0.493 e. The lowest BCUT2D eigenvalue weighted by molar-refractivity contribution is -0.116. The number of aromatic nitrogens is 3. The average Bonchev–Trinajstić information content (AvgIpc) is 2.76. The standard InChI is InChI=1S/C21H22N4O6/c1-4-29-18-12(2)10-22-19-17(18)20(27)25(21(28)24(19)3)11-16(26)23-13-5-6-14-15(9-13)31-8-7-30-14/h5-6,9-10H,4,7-8,11H2,1-3H3,(H,23,26). The summed E-state index contributed by atoms with van der Waals surface area (Å²) >= 11 is 0. The molecule has 0 unspecified atom stereocenters. The van der Waals surface area contributed by atoms with Crippen LogP contribution in [0.15, 0.2) is 34.0 Å². The Bertz CT molecular complexity index is 1290. The van der Waals surface area contributed by atoms with Crippen molar-refractivity contribution in [2.24, 2.45) is 7.05 Å². The van der Waals surface area contributed by atoms with E-state index >= 15 is 0 Å². The van der Waals surface area contributed by atoms with Gasteiger partial charge in [0, 0.05) is 30.6 Å². The molecule has 10 nitrogen and oxygen atoms in total. The first-order chi connectivity index (χ1) is 14.9. The quantitative estimate of drug-likeness (QED) is 0.652. The third-order valence-corrected chi connectivity index (χ3v) is 4.90. The number of fused-ring (bicyclic) bond motifs is 2. The Kier molecular flexibility index (Phi) is 5.37. The number of ether oxygens (including phenoxy) is 3. The second-order valence-corrected chi connectivity index (χ2v) is 7.04. The number of rotatable bonds is 5. The highest BCUT2D eigenvalue weighted by Gasteiger charge is 2.20. The number of hydrogen-bond donors (Lipinski definition) is 1. The van der Waals surface area contributed by atoms with E-state index in [1.165, 1.54) is 11.6 Å². The van der Waals surface area contributed by atoms with Crippen LogP contribution >= 0.6 is 0 Å². The molecule has 0 spiro atoms. The Hall–Kier alpha value is -3.82. The van der Waals surface area contributed by atoms with E-state index in [4.69, 9.17) is 14.2 Å². The van der Waals surface area contributed by atoms with Crippen molar-refractivity contribution in [3.63, 3.8) is 0 Å². The zero-order chi connectivity index (χ0) is 22.1. The van der Waals surface area contributed by atoms with Crippen molar-refractivity contribution in [1.82, 2.24) is 14.1 Å².